The van der Waals surface area contributed by atoms with E-state index in [2.05, 4.69) is 10.4 Å². The van der Waals surface area contributed by atoms with E-state index in [1.165, 1.54) is 29.1 Å². The number of nitrogens with one attached hydrogen (secondary N) is 1. The monoisotopic (exact) mass is 333 g/mol. The molecule has 0 spiro atoms. The minimum atomic E-state index is -3.91. The van der Waals surface area contributed by atoms with E-state index in [4.69, 9.17) is 22.3 Å². The highest BCUT2D eigenvalue weighted by Gasteiger charge is 2.16. The maximum Gasteiger partial charge on any atom is 0.262 e. The SMILES string of the molecule is Cn1cc(C(=O)Nc2ccc(S(=O)(=O)Cl)c(Cl)c2)cn1. The van der Waals surface area contributed by atoms with Gasteiger partial charge in [-0.15, -0.1) is 0 Å². The van der Waals surface area contributed by atoms with Crippen LogP contribution in [0.25, 0.3) is 0 Å². The molecule has 2 rings (SSSR count). The Kier molecular flexibility index (Phi) is 4.03. The molecule has 0 saturated heterocycles. The lowest BCUT2D eigenvalue weighted by atomic mass is 10.3. The normalized spacial score (nSPS) is 11.3. The number of hydrogen-bond donors (Lipinski definition) is 1. The first kappa shape index (κ1) is 14.8. The number of anilines is 1. The van der Waals surface area contributed by atoms with Crippen molar-refractivity contribution in [1.82, 2.24) is 9.78 Å². The zero-order chi connectivity index (χ0) is 14.9. The first-order valence-corrected chi connectivity index (χ1v) is 8.00. The molecule has 2 aromatic rings. The molecule has 1 aromatic heterocycles. The van der Waals surface area contributed by atoms with Crippen LogP contribution in [0.5, 0.6) is 0 Å². The summed E-state index contributed by atoms with van der Waals surface area (Å²) in [6.45, 7) is 0. The van der Waals surface area contributed by atoms with Gasteiger partial charge in [-0.1, -0.05) is 11.6 Å². The summed E-state index contributed by atoms with van der Waals surface area (Å²) in [6.07, 6.45) is 2.96. The van der Waals surface area contributed by atoms with Crippen molar-refractivity contribution in [3.05, 3.63) is 41.2 Å². The minimum absolute atomic E-state index is 0.0658. The summed E-state index contributed by atoms with van der Waals surface area (Å²) >= 11 is 5.82. The average Bonchev–Trinajstić information content (AvgIpc) is 2.74. The third kappa shape index (κ3) is 3.30. The van der Waals surface area contributed by atoms with Gasteiger partial charge in [-0.3, -0.25) is 9.48 Å². The smallest absolute Gasteiger partial charge is 0.262 e. The van der Waals surface area contributed by atoms with E-state index in [0.29, 0.717) is 11.3 Å². The van der Waals surface area contributed by atoms with Crippen molar-refractivity contribution in [3.63, 3.8) is 0 Å². The van der Waals surface area contributed by atoms with Crippen LogP contribution in [-0.2, 0) is 16.1 Å². The van der Waals surface area contributed by atoms with E-state index in [1.807, 2.05) is 0 Å². The molecule has 0 atom stereocenters. The number of aromatic nitrogens is 2. The zero-order valence-electron chi connectivity index (χ0n) is 10.2. The lowest BCUT2D eigenvalue weighted by Gasteiger charge is -2.06. The number of carbonyl (C=O) groups excluding carboxylic acids is 1. The van der Waals surface area contributed by atoms with Crippen LogP contribution < -0.4 is 5.32 Å². The van der Waals surface area contributed by atoms with Gasteiger partial charge in [0.2, 0.25) is 0 Å². The van der Waals surface area contributed by atoms with Gasteiger partial charge in [-0.2, -0.15) is 5.10 Å². The van der Waals surface area contributed by atoms with Crippen molar-refractivity contribution in [1.29, 1.82) is 0 Å². The van der Waals surface area contributed by atoms with Crippen molar-refractivity contribution in [2.24, 2.45) is 7.05 Å². The van der Waals surface area contributed by atoms with Gasteiger partial charge in [-0.25, -0.2) is 8.42 Å². The maximum absolute atomic E-state index is 11.9. The second-order valence-electron chi connectivity index (χ2n) is 3.94. The Hall–Kier alpha value is -1.57. The first-order valence-electron chi connectivity index (χ1n) is 5.31. The number of halogens is 2. The number of hydrogen-bond acceptors (Lipinski definition) is 4. The van der Waals surface area contributed by atoms with Gasteiger partial charge < -0.3 is 5.32 Å². The topological polar surface area (TPSA) is 81.1 Å². The molecule has 9 heteroatoms. The summed E-state index contributed by atoms with van der Waals surface area (Å²) in [6, 6.07) is 3.93. The van der Waals surface area contributed by atoms with Gasteiger partial charge in [0, 0.05) is 29.6 Å². The molecule has 0 radical (unpaired) electrons. The predicted octanol–water partition coefficient (Wildman–Crippen LogP) is 2.25. The summed E-state index contributed by atoms with van der Waals surface area (Å²) < 4.78 is 23.9. The second-order valence-corrected chi connectivity index (χ2v) is 6.88. The standard InChI is InChI=1S/C11H9Cl2N3O3S/c1-16-6-7(5-14-16)11(17)15-8-2-3-10(9(12)4-8)20(13,18)19/h2-6H,1H3,(H,15,17). The third-order valence-electron chi connectivity index (χ3n) is 2.42. The quantitative estimate of drug-likeness (QED) is 0.873. The van der Waals surface area contributed by atoms with Gasteiger partial charge in [0.15, 0.2) is 0 Å². The second kappa shape index (κ2) is 5.43. The van der Waals surface area contributed by atoms with E-state index in [-0.39, 0.29) is 15.8 Å². The molecule has 0 saturated carbocycles. The summed E-state index contributed by atoms with van der Waals surface area (Å²) in [5, 5.41) is 6.39. The highest BCUT2D eigenvalue weighted by Crippen LogP contribution is 2.27. The number of aryl methyl sites for hydroxylation is 1. The molecule has 1 N–H and O–H groups in total. The fraction of sp³-hybridized carbons (Fsp3) is 0.0909. The first-order chi connectivity index (χ1) is 9.27. The number of nitrogens with zero attached hydrogens (tertiary/aromatic N) is 2. The van der Waals surface area contributed by atoms with Crippen LogP contribution in [0.4, 0.5) is 5.69 Å². The Labute approximate surface area is 124 Å². The fourth-order valence-electron chi connectivity index (χ4n) is 1.52. The molecule has 0 fully saturated rings. The van der Waals surface area contributed by atoms with Gasteiger partial charge in [0.05, 0.1) is 16.8 Å². The Balaban J connectivity index is 2.23. The Bertz CT molecular complexity index is 771. The van der Waals surface area contributed by atoms with E-state index < -0.39 is 9.05 Å². The summed E-state index contributed by atoms with van der Waals surface area (Å²) in [5.74, 6) is -0.379. The minimum Gasteiger partial charge on any atom is -0.322 e. The molecule has 0 bridgehead atoms. The van der Waals surface area contributed by atoms with Crippen molar-refractivity contribution in [2.45, 2.75) is 4.90 Å². The largest absolute Gasteiger partial charge is 0.322 e. The molecule has 20 heavy (non-hydrogen) atoms. The van der Waals surface area contributed by atoms with Gasteiger partial charge >= 0.3 is 0 Å². The van der Waals surface area contributed by atoms with E-state index in [1.54, 1.807) is 13.2 Å². The van der Waals surface area contributed by atoms with Gasteiger partial charge in [0.1, 0.15) is 4.90 Å². The maximum atomic E-state index is 11.9. The van der Waals surface area contributed by atoms with Crippen molar-refractivity contribution in [2.75, 3.05) is 5.32 Å². The molecule has 0 unspecified atom stereocenters. The molecular formula is C11H9Cl2N3O3S. The Morgan fingerprint density at radius 1 is 1.40 bits per heavy atom. The Morgan fingerprint density at radius 3 is 2.60 bits per heavy atom. The molecule has 106 valence electrons. The van der Waals surface area contributed by atoms with Crippen LogP contribution in [0.3, 0.4) is 0 Å². The molecule has 1 heterocycles. The highest BCUT2D eigenvalue weighted by atomic mass is 35.7. The van der Waals surface area contributed by atoms with Crippen LogP contribution in [-0.4, -0.2) is 24.1 Å². The summed E-state index contributed by atoms with van der Waals surface area (Å²) in [4.78, 5) is 11.7. The van der Waals surface area contributed by atoms with Crippen LogP contribution in [0.2, 0.25) is 5.02 Å². The lowest BCUT2D eigenvalue weighted by molar-refractivity contribution is 0.102. The molecule has 6 nitrogen and oxygen atoms in total. The average molecular weight is 334 g/mol. The van der Waals surface area contributed by atoms with Crippen LogP contribution >= 0.6 is 22.3 Å². The third-order valence-corrected chi connectivity index (χ3v) is 4.22. The van der Waals surface area contributed by atoms with E-state index >= 15 is 0 Å². The van der Waals surface area contributed by atoms with Gasteiger partial charge in [-0.05, 0) is 18.2 Å². The number of amides is 1. The number of rotatable bonds is 3. The summed E-state index contributed by atoms with van der Waals surface area (Å²) in [7, 11) is 2.98. The highest BCUT2D eigenvalue weighted by molar-refractivity contribution is 8.13. The zero-order valence-corrected chi connectivity index (χ0v) is 12.5. The molecular weight excluding hydrogens is 325 g/mol. The van der Waals surface area contributed by atoms with Crippen LogP contribution in [0.1, 0.15) is 10.4 Å². The van der Waals surface area contributed by atoms with E-state index in [9.17, 15) is 13.2 Å². The van der Waals surface area contributed by atoms with Crippen LogP contribution in [0.15, 0.2) is 35.5 Å². The molecule has 0 aliphatic heterocycles. The van der Waals surface area contributed by atoms with Crippen molar-refractivity contribution < 1.29 is 13.2 Å². The number of benzene rings is 1. The van der Waals surface area contributed by atoms with E-state index in [0.717, 1.165) is 0 Å². The molecule has 1 amide bonds. The lowest BCUT2D eigenvalue weighted by Crippen LogP contribution is -2.11. The Morgan fingerprint density at radius 2 is 2.10 bits per heavy atom. The number of carbonyl (C=O) groups is 1. The molecule has 0 aliphatic carbocycles. The van der Waals surface area contributed by atoms with Crippen molar-refractivity contribution in [3.8, 4) is 0 Å². The fourth-order valence-corrected chi connectivity index (χ4v) is 3.05. The molecule has 1 aromatic carbocycles. The summed E-state index contributed by atoms with van der Waals surface area (Å²) in [5.41, 5.74) is 0.727. The van der Waals surface area contributed by atoms with Crippen molar-refractivity contribution >= 4 is 42.9 Å². The van der Waals surface area contributed by atoms with Gasteiger partial charge in [0.25, 0.3) is 15.0 Å². The van der Waals surface area contributed by atoms with Crippen LogP contribution in [0, 0.1) is 0 Å². The predicted molar refractivity (Wildman–Crippen MR) is 75.7 cm³/mol. The molecule has 0 aliphatic rings.